The summed E-state index contributed by atoms with van der Waals surface area (Å²) in [6, 6.07) is 40.1. The Morgan fingerprint density at radius 1 is 0.474 bits per heavy atom. The van der Waals surface area contributed by atoms with E-state index in [-0.39, 0.29) is 12.5 Å². The monoisotopic (exact) mass is 786 g/mol. The third kappa shape index (κ3) is 24.9. The summed E-state index contributed by atoms with van der Waals surface area (Å²) in [5.41, 5.74) is 5.40. The van der Waals surface area contributed by atoms with Gasteiger partial charge in [0.05, 0.1) is 84.9 Å². The third-order valence-electron chi connectivity index (χ3n) is 8.18. The smallest absolute Gasteiger partial charge is 0.131 e. The molecule has 1 N–H and O–H groups in total. The lowest BCUT2D eigenvalue weighted by Crippen LogP contribution is -2.11. The Bertz CT molecular complexity index is 1380. The number of aldehydes is 1. The second kappa shape index (κ2) is 36.2. The Hall–Kier alpha value is -4.19. The first kappa shape index (κ1) is 49.0. The van der Waals surface area contributed by atoms with Crippen molar-refractivity contribution in [1.82, 2.24) is 0 Å². The number of hydrogen-bond donors (Lipinski definition) is 1. The largest absolute Gasteiger partial charge is 0.498 e. The van der Waals surface area contributed by atoms with E-state index in [1.165, 1.54) is 0 Å². The molecule has 0 saturated carbocycles. The maximum absolute atomic E-state index is 11.1. The molecule has 312 valence electrons. The molecule has 0 amide bonds. The molecule has 0 aliphatic heterocycles. The summed E-state index contributed by atoms with van der Waals surface area (Å²) in [5.74, 6) is -0.146. The molecule has 0 spiro atoms. The molecule has 9 heteroatoms. The molecule has 0 heterocycles. The van der Waals surface area contributed by atoms with Crippen LogP contribution in [0.2, 0.25) is 0 Å². The number of rotatable bonds is 29. The summed E-state index contributed by atoms with van der Waals surface area (Å²) >= 11 is 0. The fourth-order valence-electron chi connectivity index (χ4n) is 5.10. The highest BCUT2D eigenvalue weighted by Gasteiger charge is 2.11. The molecule has 4 aromatic carbocycles. The molecule has 0 aromatic heterocycles. The lowest BCUT2D eigenvalue weighted by Gasteiger charge is -2.10. The van der Waals surface area contributed by atoms with Gasteiger partial charge in [0.15, 0.2) is 0 Å². The van der Waals surface area contributed by atoms with Gasteiger partial charge < -0.3 is 43.1 Å². The first-order valence-electron chi connectivity index (χ1n) is 20.3. The standard InChI is InChI=1S/C24H32O4.C14H12O.C10H22O4/c1-2-3-14-25-15-16-26-17-18-27-19-20-28-21-24(22-10-6-4-7-11-22)23-12-8-5-9-13-23;15-11-14(12-7-3-1-4-8-12)13-9-5-2-6-10-13;1-2-3-5-12-7-9-14-10-8-13-6-4-11/h4-13,21H,2-3,14-20H2,1H3;1-11,14H;11H,2-10H2,1H3. The van der Waals surface area contributed by atoms with Gasteiger partial charge in [0, 0.05) is 18.8 Å². The van der Waals surface area contributed by atoms with Gasteiger partial charge in [0.25, 0.3) is 0 Å². The molecule has 0 bridgehead atoms. The highest BCUT2D eigenvalue weighted by atomic mass is 16.6. The number of benzene rings is 4. The van der Waals surface area contributed by atoms with Gasteiger partial charge in [-0.3, -0.25) is 0 Å². The van der Waals surface area contributed by atoms with Crippen LogP contribution < -0.4 is 0 Å². The zero-order chi connectivity index (χ0) is 40.7. The summed E-state index contributed by atoms with van der Waals surface area (Å²) in [5, 5.41) is 8.40. The number of ether oxygens (including phenoxy) is 7. The fourth-order valence-corrected chi connectivity index (χ4v) is 5.10. The maximum atomic E-state index is 11.1. The van der Waals surface area contributed by atoms with Crippen LogP contribution in [0.4, 0.5) is 0 Å². The fraction of sp³-hybridized carbons (Fsp3) is 0.438. The molecule has 0 aliphatic rings. The minimum atomic E-state index is -0.146. The summed E-state index contributed by atoms with van der Waals surface area (Å²) in [7, 11) is 0. The summed E-state index contributed by atoms with van der Waals surface area (Å²) < 4.78 is 37.7. The molecule has 0 atom stereocenters. The van der Waals surface area contributed by atoms with E-state index in [2.05, 4.69) is 38.1 Å². The third-order valence-corrected chi connectivity index (χ3v) is 8.18. The highest BCUT2D eigenvalue weighted by molar-refractivity contribution is 5.79. The zero-order valence-corrected chi connectivity index (χ0v) is 34.2. The van der Waals surface area contributed by atoms with Crippen LogP contribution in [0.25, 0.3) is 5.57 Å². The first-order chi connectivity index (χ1) is 28.2. The number of aliphatic hydroxyl groups excluding tert-OH is 1. The Morgan fingerprint density at radius 3 is 1.16 bits per heavy atom. The van der Waals surface area contributed by atoms with E-state index < -0.39 is 0 Å². The zero-order valence-electron chi connectivity index (χ0n) is 34.2. The van der Waals surface area contributed by atoms with Crippen molar-refractivity contribution in [3.05, 3.63) is 150 Å². The van der Waals surface area contributed by atoms with Crippen molar-refractivity contribution in [2.24, 2.45) is 0 Å². The van der Waals surface area contributed by atoms with Crippen molar-refractivity contribution in [2.75, 3.05) is 92.5 Å². The van der Waals surface area contributed by atoms with E-state index in [4.69, 9.17) is 38.3 Å². The average Bonchev–Trinajstić information content (AvgIpc) is 3.27. The van der Waals surface area contributed by atoms with Crippen LogP contribution in [0.1, 0.15) is 67.7 Å². The minimum absolute atomic E-state index is 0.0696. The second-order valence-electron chi connectivity index (χ2n) is 12.7. The molecule has 57 heavy (non-hydrogen) atoms. The van der Waals surface area contributed by atoms with E-state index in [0.717, 1.165) is 73.0 Å². The van der Waals surface area contributed by atoms with Gasteiger partial charge in [0.2, 0.25) is 0 Å². The molecular weight excluding hydrogens is 721 g/mol. The highest BCUT2D eigenvalue weighted by Crippen LogP contribution is 2.23. The predicted molar refractivity (Wildman–Crippen MR) is 229 cm³/mol. The predicted octanol–water partition coefficient (Wildman–Crippen LogP) is 8.79. The summed E-state index contributed by atoms with van der Waals surface area (Å²) in [6.07, 6.45) is 7.34. The maximum Gasteiger partial charge on any atom is 0.131 e. The molecule has 0 aliphatic carbocycles. The number of aliphatic hydroxyl groups is 1. The van der Waals surface area contributed by atoms with Crippen LogP contribution in [0.15, 0.2) is 128 Å². The molecule has 0 fully saturated rings. The van der Waals surface area contributed by atoms with Crippen LogP contribution in [-0.2, 0) is 38.0 Å². The molecule has 4 rings (SSSR count). The second-order valence-corrected chi connectivity index (χ2v) is 12.7. The van der Waals surface area contributed by atoms with Crippen molar-refractivity contribution < 1.29 is 43.1 Å². The van der Waals surface area contributed by atoms with Gasteiger partial charge in [-0.15, -0.1) is 0 Å². The molecule has 0 saturated heterocycles. The number of carbonyl (C=O) groups is 1. The van der Waals surface area contributed by atoms with Gasteiger partial charge in [-0.25, -0.2) is 0 Å². The minimum Gasteiger partial charge on any atom is -0.498 e. The Labute approximate surface area is 341 Å². The van der Waals surface area contributed by atoms with E-state index in [0.29, 0.717) is 72.7 Å². The Balaban J connectivity index is 0.000000325. The van der Waals surface area contributed by atoms with Gasteiger partial charge in [-0.1, -0.05) is 148 Å². The Morgan fingerprint density at radius 2 is 0.807 bits per heavy atom. The van der Waals surface area contributed by atoms with Crippen LogP contribution in [0.3, 0.4) is 0 Å². The number of unbranched alkanes of at least 4 members (excludes halogenated alkanes) is 2. The van der Waals surface area contributed by atoms with E-state index >= 15 is 0 Å². The molecular formula is C48H66O9. The van der Waals surface area contributed by atoms with E-state index in [1.807, 2.05) is 103 Å². The lowest BCUT2D eigenvalue weighted by molar-refractivity contribution is -0.108. The van der Waals surface area contributed by atoms with Gasteiger partial charge in [0.1, 0.15) is 12.9 Å². The van der Waals surface area contributed by atoms with Crippen LogP contribution in [0, 0.1) is 0 Å². The SMILES string of the molecule is CCCCOCCOCCOCCO.CCCCOCCOCCOCCOC=C(c1ccccc1)c1ccccc1.O=CC(c1ccccc1)c1ccccc1. The van der Waals surface area contributed by atoms with Gasteiger partial charge in [-0.05, 0) is 35.1 Å². The molecule has 0 unspecified atom stereocenters. The molecule has 4 aromatic rings. The van der Waals surface area contributed by atoms with E-state index in [9.17, 15) is 4.79 Å². The first-order valence-corrected chi connectivity index (χ1v) is 20.3. The van der Waals surface area contributed by atoms with Gasteiger partial charge in [-0.2, -0.15) is 0 Å². The van der Waals surface area contributed by atoms with Crippen LogP contribution in [0.5, 0.6) is 0 Å². The van der Waals surface area contributed by atoms with Crippen molar-refractivity contribution in [3.8, 4) is 0 Å². The average molecular weight is 787 g/mol. The Kier molecular flexibility index (Phi) is 31.1. The van der Waals surface area contributed by atoms with Crippen LogP contribution in [-0.4, -0.2) is 104 Å². The molecule has 9 nitrogen and oxygen atoms in total. The van der Waals surface area contributed by atoms with Crippen molar-refractivity contribution >= 4 is 11.9 Å². The lowest BCUT2D eigenvalue weighted by atomic mass is 9.93. The van der Waals surface area contributed by atoms with Crippen molar-refractivity contribution in [2.45, 2.75) is 45.4 Å². The van der Waals surface area contributed by atoms with E-state index in [1.54, 1.807) is 0 Å². The number of carbonyl (C=O) groups excluding carboxylic acids is 1. The normalized spacial score (nSPS) is 10.5. The van der Waals surface area contributed by atoms with Crippen molar-refractivity contribution in [1.29, 1.82) is 0 Å². The number of hydrogen-bond acceptors (Lipinski definition) is 9. The van der Waals surface area contributed by atoms with Gasteiger partial charge >= 0.3 is 0 Å². The van der Waals surface area contributed by atoms with Crippen LogP contribution >= 0.6 is 0 Å². The van der Waals surface area contributed by atoms with Crippen molar-refractivity contribution in [3.63, 3.8) is 0 Å². The summed E-state index contributed by atoms with van der Waals surface area (Å²) in [4.78, 5) is 11.1. The molecule has 0 radical (unpaired) electrons. The summed E-state index contributed by atoms with van der Waals surface area (Å²) in [6.45, 7) is 12.2. The quantitative estimate of drug-likeness (QED) is 0.0329. The topological polar surface area (TPSA) is 102 Å².